The summed E-state index contributed by atoms with van der Waals surface area (Å²) in [6.07, 6.45) is 5.08. The van der Waals surface area contributed by atoms with Crippen LogP contribution in [0, 0.1) is 0 Å². The molecule has 0 spiro atoms. The summed E-state index contributed by atoms with van der Waals surface area (Å²) in [4.78, 5) is 0. The molecule has 1 atom stereocenters. The van der Waals surface area contributed by atoms with Crippen molar-refractivity contribution in [1.82, 2.24) is 9.88 Å². The van der Waals surface area contributed by atoms with E-state index in [9.17, 15) is 5.11 Å². The summed E-state index contributed by atoms with van der Waals surface area (Å²) in [7, 11) is 0. The highest BCUT2D eigenvalue weighted by atomic mass is 16.3. The second kappa shape index (κ2) is 7.12. The summed E-state index contributed by atoms with van der Waals surface area (Å²) in [6, 6.07) is 12.5. The number of aliphatic hydroxyl groups is 1. The van der Waals surface area contributed by atoms with Crippen molar-refractivity contribution in [2.24, 2.45) is 0 Å². The van der Waals surface area contributed by atoms with Gasteiger partial charge < -0.3 is 15.0 Å². The number of nitrogens with one attached hydrogen (secondary N) is 1. The molecule has 2 aromatic rings. The average molecular weight is 258 g/mol. The molecule has 2 N–H and O–H groups in total. The molecule has 0 unspecified atom stereocenters. The van der Waals surface area contributed by atoms with Crippen LogP contribution in [-0.2, 0) is 19.5 Å². The first-order valence-corrected chi connectivity index (χ1v) is 6.84. The van der Waals surface area contributed by atoms with Crippen molar-refractivity contribution in [1.29, 1.82) is 0 Å². The van der Waals surface area contributed by atoms with Gasteiger partial charge in [0.2, 0.25) is 0 Å². The zero-order valence-electron chi connectivity index (χ0n) is 11.4. The van der Waals surface area contributed by atoms with Crippen molar-refractivity contribution in [2.45, 2.75) is 32.5 Å². The van der Waals surface area contributed by atoms with Gasteiger partial charge in [-0.2, -0.15) is 0 Å². The molecule has 1 aromatic carbocycles. The largest absolute Gasteiger partial charge is 0.395 e. The molecule has 19 heavy (non-hydrogen) atoms. The maximum absolute atomic E-state index is 9.45. The van der Waals surface area contributed by atoms with Gasteiger partial charge >= 0.3 is 0 Å². The summed E-state index contributed by atoms with van der Waals surface area (Å²) in [5.74, 6) is 0. The highest BCUT2D eigenvalue weighted by molar-refractivity contribution is 5.16. The van der Waals surface area contributed by atoms with Gasteiger partial charge in [0.15, 0.2) is 0 Å². The Kier molecular flexibility index (Phi) is 5.19. The minimum atomic E-state index is 0.104. The highest BCUT2D eigenvalue weighted by Crippen LogP contribution is 2.05. The molecular weight excluding hydrogens is 236 g/mol. The SMILES string of the molecule is CCn1ccc(CN[C@@H](CO)Cc2ccccc2)c1. The first-order chi connectivity index (χ1) is 9.31. The fourth-order valence-corrected chi connectivity index (χ4v) is 2.15. The summed E-state index contributed by atoms with van der Waals surface area (Å²) in [6.45, 7) is 4.07. The summed E-state index contributed by atoms with van der Waals surface area (Å²) in [5.41, 5.74) is 2.51. The van der Waals surface area contributed by atoms with Crippen LogP contribution in [0.15, 0.2) is 48.8 Å². The molecule has 102 valence electrons. The third kappa shape index (κ3) is 4.23. The van der Waals surface area contributed by atoms with Crippen molar-refractivity contribution in [2.75, 3.05) is 6.61 Å². The van der Waals surface area contributed by atoms with Crippen LogP contribution in [0.25, 0.3) is 0 Å². The first-order valence-electron chi connectivity index (χ1n) is 6.84. The molecule has 0 aliphatic rings. The lowest BCUT2D eigenvalue weighted by molar-refractivity contribution is 0.241. The smallest absolute Gasteiger partial charge is 0.0587 e. The second-order valence-corrected chi connectivity index (χ2v) is 4.80. The molecular formula is C16H22N2O. The number of aromatic nitrogens is 1. The number of nitrogens with zero attached hydrogens (tertiary/aromatic N) is 1. The van der Waals surface area contributed by atoms with Crippen molar-refractivity contribution < 1.29 is 5.11 Å². The van der Waals surface area contributed by atoms with Gasteiger partial charge in [0, 0.05) is 31.5 Å². The van der Waals surface area contributed by atoms with E-state index in [0.717, 1.165) is 19.5 Å². The standard InChI is InChI=1S/C16H22N2O/c1-2-18-9-8-15(12-18)11-17-16(13-19)10-14-6-4-3-5-7-14/h3-9,12,16-17,19H,2,10-11,13H2,1H3/t16-/m1/s1. The molecule has 0 bridgehead atoms. The van der Waals surface area contributed by atoms with Gasteiger partial charge in [-0.1, -0.05) is 30.3 Å². The molecule has 0 aliphatic heterocycles. The van der Waals surface area contributed by atoms with Crippen molar-refractivity contribution in [3.63, 3.8) is 0 Å². The zero-order chi connectivity index (χ0) is 13.5. The fourth-order valence-electron chi connectivity index (χ4n) is 2.15. The van der Waals surface area contributed by atoms with E-state index in [1.54, 1.807) is 0 Å². The van der Waals surface area contributed by atoms with Crippen LogP contribution in [0.4, 0.5) is 0 Å². The summed E-state index contributed by atoms with van der Waals surface area (Å²) >= 11 is 0. The first kappa shape index (κ1) is 13.8. The molecule has 0 fully saturated rings. The van der Waals surface area contributed by atoms with Crippen LogP contribution in [0.2, 0.25) is 0 Å². The second-order valence-electron chi connectivity index (χ2n) is 4.80. The molecule has 1 aromatic heterocycles. The normalized spacial score (nSPS) is 12.5. The van der Waals surface area contributed by atoms with E-state index in [4.69, 9.17) is 0 Å². The van der Waals surface area contributed by atoms with E-state index < -0.39 is 0 Å². The van der Waals surface area contributed by atoms with Crippen LogP contribution in [0.5, 0.6) is 0 Å². The van der Waals surface area contributed by atoms with Crippen molar-refractivity contribution in [3.8, 4) is 0 Å². The highest BCUT2D eigenvalue weighted by Gasteiger charge is 2.08. The van der Waals surface area contributed by atoms with E-state index in [1.165, 1.54) is 11.1 Å². The van der Waals surface area contributed by atoms with Crippen LogP contribution in [0.1, 0.15) is 18.1 Å². The number of benzene rings is 1. The molecule has 3 nitrogen and oxygen atoms in total. The van der Waals surface area contributed by atoms with Crippen LogP contribution >= 0.6 is 0 Å². The van der Waals surface area contributed by atoms with E-state index in [2.05, 4.69) is 47.4 Å². The molecule has 0 amide bonds. The molecule has 0 saturated heterocycles. The number of hydrogen-bond donors (Lipinski definition) is 2. The minimum absolute atomic E-state index is 0.104. The maximum atomic E-state index is 9.45. The predicted octanol–water partition coefficient (Wildman–Crippen LogP) is 2.20. The Labute approximate surface area is 114 Å². The lowest BCUT2D eigenvalue weighted by atomic mass is 10.1. The monoisotopic (exact) mass is 258 g/mol. The van der Waals surface area contributed by atoms with Crippen molar-refractivity contribution in [3.05, 3.63) is 59.9 Å². The Morgan fingerprint density at radius 1 is 1.16 bits per heavy atom. The lowest BCUT2D eigenvalue weighted by Gasteiger charge is -2.15. The summed E-state index contributed by atoms with van der Waals surface area (Å²) < 4.78 is 2.15. The third-order valence-electron chi connectivity index (χ3n) is 3.32. The van der Waals surface area contributed by atoms with Gasteiger partial charge in [-0.25, -0.2) is 0 Å². The fraction of sp³-hybridized carbons (Fsp3) is 0.375. The quantitative estimate of drug-likeness (QED) is 0.799. The average Bonchev–Trinajstić information content (AvgIpc) is 2.92. The molecule has 2 rings (SSSR count). The van der Waals surface area contributed by atoms with Gasteiger partial charge in [-0.05, 0) is 30.5 Å². The molecule has 3 heteroatoms. The van der Waals surface area contributed by atoms with Gasteiger partial charge in [0.05, 0.1) is 6.61 Å². The maximum Gasteiger partial charge on any atom is 0.0587 e. The van der Waals surface area contributed by atoms with E-state index in [-0.39, 0.29) is 12.6 Å². The Morgan fingerprint density at radius 3 is 2.58 bits per heavy atom. The van der Waals surface area contributed by atoms with Gasteiger partial charge in [-0.15, -0.1) is 0 Å². The molecule has 0 aliphatic carbocycles. The molecule has 0 radical (unpaired) electrons. The Hall–Kier alpha value is -1.58. The minimum Gasteiger partial charge on any atom is -0.395 e. The topological polar surface area (TPSA) is 37.2 Å². The Bertz CT molecular complexity index is 479. The molecule has 0 saturated carbocycles. The van der Waals surface area contributed by atoms with E-state index in [1.807, 2.05) is 18.2 Å². The van der Waals surface area contributed by atoms with Crippen LogP contribution in [0.3, 0.4) is 0 Å². The Morgan fingerprint density at radius 2 is 1.95 bits per heavy atom. The van der Waals surface area contributed by atoms with Crippen LogP contribution < -0.4 is 5.32 Å². The van der Waals surface area contributed by atoms with Gasteiger partial charge in [-0.3, -0.25) is 0 Å². The van der Waals surface area contributed by atoms with Crippen LogP contribution in [-0.4, -0.2) is 22.3 Å². The van der Waals surface area contributed by atoms with Gasteiger partial charge in [0.1, 0.15) is 0 Å². The number of rotatable bonds is 7. The number of hydrogen-bond acceptors (Lipinski definition) is 2. The zero-order valence-corrected chi connectivity index (χ0v) is 11.4. The van der Waals surface area contributed by atoms with Gasteiger partial charge in [0.25, 0.3) is 0 Å². The molecule has 1 heterocycles. The lowest BCUT2D eigenvalue weighted by Crippen LogP contribution is -2.33. The van der Waals surface area contributed by atoms with E-state index >= 15 is 0 Å². The van der Waals surface area contributed by atoms with Crippen molar-refractivity contribution >= 4 is 0 Å². The Balaban J connectivity index is 1.85. The third-order valence-corrected chi connectivity index (χ3v) is 3.32. The number of aliphatic hydroxyl groups excluding tert-OH is 1. The predicted molar refractivity (Wildman–Crippen MR) is 78.0 cm³/mol. The van der Waals surface area contributed by atoms with E-state index in [0.29, 0.717) is 0 Å². The summed E-state index contributed by atoms with van der Waals surface area (Å²) in [5, 5.41) is 12.9. The number of aryl methyl sites for hydroxylation is 1.